The van der Waals surface area contributed by atoms with Crippen LogP contribution in [-0.4, -0.2) is 63.2 Å². The van der Waals surface area contributed by atoms with Crippen molar-refractivity contribution in [3.8, 4) is 5.75 Å². The van der Waals surface area contributed by atoms with Crippen molar-refractivity contribution in [1.29, 1.82) is 0 Å². The van der Waals surface area contributed by atoms with Gasteiger partial charge in [-0.25, -0.2) is 8.42 Å². The summed E-state index contributed by atoms with van der Waals surface area (Å²) in [5, 5.41) is 2.59. The number of benzene rings is 2. The number of nitrogens with zero attached hydrogens (tertiary/aromatic N) is 2. The number of nitrogens with one attached hydrogen (secondary N) is 1. The van der Waals surface area contributed by atoms with Crippen molar-refractivity contribution in [2.45, 2.75) is 24.2 Å². The first-order chi connectivity index (χ1) is 14.7. The predicted octanol–water partition coefficient (Wildman–Crippen LogP) is 2.29. The second-order valence-corrected chi connectivity index (χ2v) is 9.61. The number of amides is 2. The van der Waals surface area contributed by atoms with Gasteiger partial charge in [0.25, 0.3) is 0 Å². The van der Waals surface area contributed by atoms with Crippen molar-refractivity contribution in [2.75, 3.05) is 39.1 Å². The topological polar surface area (TPSA) is 96.0 Å². The van der Waals surface area contributed by atoms with E-state index < -0.39 is 10.0 Å². The first kappa shape index (κ1) is 22.8. The number of sulfonamides is 1. The van der Waals surface area contributed by atoms with Crippen molar-refractivity contribution in [1.82, 2.24) is 9.21 Å². The summed E-state index contributed by atoms with van der Waals surface area (Å²) in [4.78, 5) is 25.6. The second-order valence-electron chi connectivity index (χ2n) is 7.57. The highest BCUT2D eigenvalue weighted by Crippen LogP contribution is 2.28. The number of hydrogen-bond acceptors (Lipinski definition) is 5. The van der Waals surface area contributed by atoms with E-state index in [1.165, 1.54) is 38.2 Å². The van der Waals surface area contributed by atoms with Gasteiger partial charge >= 0.3 is 0 Å². The van der Waals surface area contributed by atoms with Gasteiger partial charge in [0.15, 0.2) is 0 Å². The van der Waals surface area contributed by atoms with Crippen LogP contribution in [0.1, 0.15) is 24.8 Å². The molecule has 1 unspecified atom stereocenters. The molecule has 9 heteroatoms. The number of carbonyl (C=O) groups excluding carboxylic acids is 2. The molecule has 1 saturated heterocycles. The molecule has 1 heterocycles. The van der Waals surface area contributed by atoms with Crippen LogP contribution >= 0.6 is 0 Å². The first-order valence-corrected chi connectivity index (χ1v) is 11.4. The molecule has 0 spiro atoms. The van der Waals surface area contributed by atoms with Crippen LogP contribution in [0.5, 0.6) is 5.75 Å². The molecule has 1 aliphatic heterocycles. The average Bonchev–Trinajstić information content (AvgIpc) is 3.24. The van der Waals surface area contributed by atoms with Gasteiger partial charge in [-0.15, -0.1) is 0 Å². The Morgan fingerprint density at radius 2 is 1.77 bits per heavy atom. The summed E-state index contributed by atoms with van der Waals surface area (Å²) in [5.74, 6) is 0.540. The lowest BCUT2D eigenvalue weighted by Crippen LogP contribution is -2.40. The Labute approximate surface area is 182 Å². The van der Waals surface area contributed by atoms with Gasteiger partial charge in [0.1, 0.15) is 5.75 Å². The molecular formula is C22H27N3O5S. The van der Waals surface area contributed by atoms with E-state index in [0.29, 0.717) is 18.8 Å². The molecule has 1 N–H and O–H groups in total. The van der Waals surface area contributed by atoms with Gasteiger partial charge in [-0.2, -0.15) is 4.31 Å². The fourth-order valence-corrected chi connectivity index (χ4v) is 4.72. The molecule has 0 radical (unpaired) electrons. The van der Waals surface area contributed by atoms with Crippen LogP contribution in [0.25, 0.3) is 0 Å². The molecule has 31 heavy (non-hydrogen) atoms. The van der Waals surface area contributed by atoms with E-state index in [4.69, 9.17) is 4.74 Å². The standard InChI is InChI=1S/C22H27N3O5S/c1-16(26)23-19-6-10-21(11-7-19)31(28,29)24(2)15-22(27)25-13-12-18(14-25)17-4-8-20(30-3)9-5-17/h4-11,18H,12-15H2,1-3H3,(H,23,26). The lowest BCUT2D eigenvalue weighted by atomic mass is 9.98. The van der Waals surface area contributed by atoms with Crippen LogP contribution < -0.4 is 10.1 Å². The Balaban J connectivity index is 1.61. The number of anilines is 1. The van der Waals surface area contributed by atoms with Gasteiger partial charge in [0, 0.05) is 38.7 Å². The van der Waals surface area contributed by atoms with Crippen LogP contribution in [0, 0.1) is 0 Å². The van der Waals surface area contributed by atoms with Crippen LogP contribution in [0.4, 0.5) is 5.69 Å². The minimum Gasteiger partial charge on any atom is -0.497 e. The van der Waals surface area contributed by atoms with Gasteiger partial charge in [0.05, 0.1) is 18.6 Å². The number of ether oxygens (including phenoxy) is 1. The fraction of sp³-hybridized carbons (Fsp3) is 0.364. The second kappa shape index (κ2) is 9.49. The van der Waals surface area contributed by atoms with Crippen molar-refractivity contribution in [3.05, 3.63) is 54.1 Å². The smallest absolute Gasteiger partial charge is 0.243 e. The Kier molecular flexibility index (Phi) is 6.97. The van der Waals surface area contributed by atoms with Crippen molar-refractivity contribution in [2.24, 2.45) is 0 Å². The largest absolute Gasteiger partial charge is 0.497 e. The summed E-state index contributed by atoms with van der Waals surface area (Å²) < 4.78 is 31.9. The predicted molar refractivity (Wildman–Crippen MR) is 117 cm³/mol. The van der Waals surface area contributed by atoms with Crippen molar-refractivity contribution in [3.63, 3.8) is 0 Å². The maximum Gasteiger partial charge on any atom is 0.243 e. The molecule has 0 bridgehead atoms. The highest BCUT2D eigenvalue weighted by Gasteiger charge is 2.30. The van der Waals surface area contributed by atoms with Gasteiger partial charge in [0.2, 0.25) is 21.8 Å². The maximum atomic E-state index is 12.8. The molecule has 166 valence electrons. The maximum absolute atomic E-state index is 12.8. The van der Waals surface area contributed by atoms with Crippen molar-refractivity contribution < 1.29 is 22.7 Å². The number of rotatable bonds is 7. The zero-order valence-electron chi connectivity index (χ0n) is 17.9. The number of likely N-dealkylation sites (tertiary alicyclic amines) is 1. The van der Waals surface area contributed by atoms with Crippen LogP contribution in [-0.2, 0) is 19.6 Å². The number of likely N-dealkylation sites (N-methyl/N-ethyl adjacent to an activating group) is 1. The third-order valence-corrected chi connectivity index (χ3v) is 7.19. The number of carbonyl (C=O) groups is 2. The summed E-state index contributed by atoms with van der Waals surface area (Å²) in [6, 6.07) is 13.7. The van der Waals surface area contributed by atoms with E-state index in [9.17, 15) is 18.0 Å². The summed E-state index contributed by atoms with van der Waals surface area (Å²) in [7, 11) is -0.810. The van der Waals surface area contributed by atoms with E-state index in [1.54, 1.807) is 12.0 Å². The molecule has 0 aromatic heterocycles. The molecular weight excluding hydrogens is 418 g/mol. The highest BCUT2D eigenvalue weighted by atomic mass is 32.2. The Morgan fingerprint density at radius 1 is 1.13 bits per heavy atom. The molecule has 1 aliphatic rings. The molecule has 1 fully saturated rings. The zero-order valence-corrected chi connectivity index (χ0v) is 18.7. The van der Waals surface area contributed by atoms with E-state index in [-0.39, 0.29) is 29.2 Å². The first-order valence-electron chi connectivity index (χ1n) is 9.96. The third kappa shape index (κ3) is 5.42. The molecule has 2 amide bonds. The van der Waals surface area contributed by atoms with Crippen molar-refractivity contribution >= 4 is 27.5 Å². The molecule has 8 nitrogen and oxygen atoms in total. The van der Waals surface area contributed by atoms with Crippen LogP contribution in [0.15, 0.2) is 53.4 Å². The normalized spacial score (nSPS) is 16.4. The molecule has 2 aromatic carbocycles. The summed E-state index contributed by atoms with van der Waals surface area (Å²) in [6.45, 7) is 2.30. The molecule has 2 aromatic rings. The Morgan fingerprint density at radius 3 is 2.35 bits per heavy atom. The Bertz CT molecular complexity index is 1040. The summed E-state index contributed by atoms with van der Waals surface area (Å²) >= 11 is 0. The van der Waals surface area contributed by atoms with Gasteiger partial charge in [-0.1, -0.05) is 12.1 Å². The average molecular weight is 446 g/mol. The minimum absolute atomic E-state index is 0.0643. The Hall–Kier alpha value is -2.91. The molecule has 0 aliphatic carbocycles. The van der Waals surface area contributed by atoms with E-state index in [2.05, 4.69) is 5.32 Å². The van der Waals surface area contributed by atoms with Gasteiger partial charge in [-0.3, -0.25) is 9.59 Å². The van der Waals surface area contributed by atoms with Crippen LogP contribution in [0.3, 0.4) is 0 Å². The third-order valence-electron chi connectivity index (χ3n) is 5.37. The zero-order chi connectivity index (χ0) is 22.6. The van der Waals surface area contributed by atoms with Gasteiger partial charge < -0.3 is 15.0 Å². The summed E-state index contributed by atoms with van der Waals surface area (Å²) in [5.41, 5.74) is 1.64. The highest BCUT2D eigenvalue weighted by molar-refractivity contribution is 7.89. The minimum atomic E-state index is -3.82. The van der Waals surface area contributed by atoms with Crippen LogP contribution in [0.2, 0.25) is 0 Å². The van der Waals surface area contributed by atoms with E-state index in [1.807, 2.05) is 24.3 Å². The van der Waals surface area contributed by atoms with E-state index >= 15 is 0 Å². The lowest BCUT2D eigenvalue weighted by molar-refractivity contribution is -0.130. The lowest BCUT2D eigenvalue weighted by Gasteiger charge is -2.22. The fourth-order valence-electron chi connectivity index (χ4n) is 3.60. The summed E-state index contributed by atoms with van der Waals surface area (Å²) in [6.07, 6.45) is 0.832. The quantitative estimate of drug-likeness (QED) is 0.706. The van der Waals surface area contributed by atoms with E-state index in [0.717, 1.165) is 22.0 Å². The van der Waals surface area contributed by atoms with Gasteiger partial charge in [-0.05, 0) is 48.4 Å². The number of methoxy groups -OCH3 is 1. The molecule has 0 saturated carbocycles. The number of hydrogen-bond donors (Lipinski definition) is 1. The SMILES string of the molecule is COc1ccc(C2CCN(C(=O)CN(C)S(=O)(=O)c3ccc(NC(C)=O)cc3)C2)cc1. The monoisotopic (exact) mass is 445 g/mol. The molecule has 1 atom stereocenters. The molecule has 3 rings (SSSR count).